The Bertz CT molecular complexity index is 740. The van der Waals surface area contributed by atoms with Crippen molar-refractivity contribution in [2.24, 2.45) is 7.05 Å². The Morgan fingerprint density at radius 3 is 2.82 bits per heavy atom. The van der Waals surface area contributed by atoms with E-state index in [-0.39, 0.29) is 11.5 Å². The molecule has 0 saturated carbocycles. The van der Waals surface area contributed by atoms with Gasteiger partial charge in [-0.25, -0.2) is 9.78 Å². The number of aryl methyl sites for hydroxylation is 1. The second kappa shape index (κ2) is 7.26. The van der Waals surface area contributed by atoms with Gasteiger partial charge in [-0.05, 0) is 24.1 Å². The van der Waals surface area contributed by atoms with Crippen LogP contribution in [0.25, 0.3) is 0 Å². The van der Waals surface area contributed by atoms with Crippen LogP contribution in [0.2, 0.25) is 0 Å². The molecule has 0 radical (unpaired) electrons. The highest BCUT2D eigenvalue weighted by Crippen LogP contribution is 2.20. The molecular weight excluding hydrogens is 300 g/mol. The zero-order chi connectivity index (χ0) is 16.1. The van der Waals surface area contributed by atoms with Gasteiger partial charge in [0.2, 0.25) is 0 Å². The van der Waals surface area contributed by atoms with Gasteiger partial charge in [0.1, 0.15) is 0 Å². The molecule has 22 heavy (non-hydrogen) atoms. The molecular formula is C16H18N2O3S. The minimum Gasteiger partial charge on any atom is -0.465 e. The van der Waals surface area contributed by atoms with Gasteiger partial charge in [0.25, 0.3) is 5.56 Å². The lowest BCUT2D eigenvalue weighted by Crippen LogP contribution is -2.20. The van der Waals surface area contributed by atoms with Gasteiger partial charge in [0.05, 0.1) is 12.7 Å². The van der Waals surface area contributed by atoms with Gasteiger partial charge in [-0.3, -0.25) is 9.36 Å². The van der Waals surface area contributed by atoms with Crippen LogP contribution in [0.3, 0.4) is 0 Å². The highest BCUT2D eigenvalue weighted by Gasteiger charge is 2.08. The summed E-state index contributed by atoms with van der Waals surface area (Å²) in [5.41, 5.74) is 2.22. The second-order valence-corrected chi connectivity index (χ2v) is 5.70. The maximum Gasteiger partial charge on any atom is 0.337 e. The number of nitrogens with zero attached hydrogens (tertiary/aromatic N) is 2. The van der Waals surface area contributed by atoms with E-state index in [1.54, 1.807) is 25.2 Å². The summed E-state index contributed by atoms with van der Waals surface area (Å²) in [5.74, 6) is 0.267. The van der Waals surface area contributed by atoms with Crippen LogP contribution in [0, 0.1) is 0 Å². The minimum absolute atomic E-state index is 0.0577. The van der Waals surface area contributed by atoms with Gasteiger partial charge in [-0.2, -0.15) is 0 Å². The number of hydrogen-bond acceptors (Lipinski definition) is 5. The molecule has 0 N–H and O–H groups in total. The average Bonchev–Trinajstić information content (AvgIpc) is 2.55. The van der Waals surface area contributed by atoms with E-state index in [0.717, 1.165) is 17.7 Å². The van der Waals surface area contributed by atoms with Crippen LogP contribution in [-0.2, 0) is 24.0 Å². The Balaban J connectivity index is 2.18. The number of ether oxygens (including phenoxy) is 1. The summed E-state index contributed by atoms with van der Waals surface area (Å²) in [7, 11) is 3.07. The van der Waals surface area contributed by atoms with E-state index in [2.05, 4.69) is 4.98 Å². The second-order valence-electron chi connectivity index (χ2n) is 4.76. The number of rotatable bonds is 5. The maximum absolute atomic E-state index is 11.9. The normalized spacial score (nSPS) is 10.5. The Hall–Kier alpha value is -2.08. The number of benzene rings is 1. The number of methoxy groups -OCH3 is 1. The molecule has 5 nitrogen and oxygen atoms in total. The number of aromatic nitrogens is 2. The monoisotopic (exact) mass is 318 g/mol. The first-order valence-corrected chi connectivity index (χ1v) is 7.90. The Kier molecular flexibility index (Phi) is 5.38. The summed E-state index contributed by atoms with van der Waals surface area (Å²) in [4.78, 5) is 27.9. The van der Waals surface area contributed by atoms with Crippen LogP contribution < -0.4 is 5.56 Å². The molecule has 0 saturated heterocycles. The zero-order valence-corrected chi connectivity index (χ0v) is 13.6. The van der Waals surface area contributed by atoms with Crippen LogP contribution in [0.5, 0.6) is 0 Å². The van der Waals surface area contributed by atoms with Gasteiger partial charge in [-0.15, -0.1) is 0 Å². The molecule has 0 fully saturated rings. The standard InChI is InChI=1S/C16H18N2O3S/c1-4-13-9-14(19)18(2)16(17-13)22-10-11-6-5-7-12(8-11)15(20)21-3/h5-9H,4,10H2,1-3H3. The molecule has 1 heterocycles. The molecule has 0 aliphatic rings. The molecule has 1 aromatic carbocycles. The van der Waals surface area contributed by atoms with Crippen molar-refractivity contribution in [2.75, 3.05) is 7.11 Å². The van der Waals surface area contributed by atoms with Gasteiger partial charge in [0, 0.05) is 24.6 Å². The van der Waals surface area contributed by atoms with E-state index in [1.165, 1.54) is 23.4 Å². The van der Waals surface area contributed by atoms with Crippen molar-refractivity contribution < 1.29 is 9.53 Å². The molecule has 2 aromatic rings. The largest absolute Gasteiger partial charge is 0.465 e. The first-order valence-electron chi connectivity index (χ1n) is 6.92. The third-order valence-corrected chi connectivity index (χ3v) is 4.33. The number of esters is 1. The Morgan fingerprint density at radius 2 is 2.14 bits per heavy atom. The first kappa shape index (κ1) is 16.3. The van der Waals surface area contributed by atoms with Crippen LogP contribution >= 0.6 is 11.8 Å². The fourth-order valence-electron chi connectivity index (χ4n) is 1.93. The zero-order valence-electron chi connectivity index (χ0n) is 12.8. The molecule has 6 heteroatoms. The predicted molar refractivity (Wildman–Crippen MR) is 86.2 cm³/mol. The van der Waals surface area contributed by atoms with E-state index in [4.69, 9.17) is 4.74 Å². The fraction of sp³-hybridized carbons (Fsp3) is 0.312. The third kappa shape index (κ3) is 3.76. The molecule has 0 unspecified atom stereocenters. The van der Waals surface area contributed by atoms with Crippen molar-refractivity contribution in [2.45, 2.75) is 24.3 Å². The van der Waals surface area contributed by atoms with Crippen LogP contribution in [-0.4, -0.2) is 22.6 Å². The highest BCUT2D eigenvalue weighted by molar-refractivity contribution is 7.98. The molecule has 0 aliphatic carbocycles. The van der Waals surface area contributed by atoms with E-state index in [0.29, 0.717) is 16.5 Å². The number of carbonyl (C=O) groups is 1. The Morgan fingerprint density at radius 1 is 1.36 bits per heavy atom. The van der Waals surface area contributed by atoms with Crippen molar-refractivity contribution in [3.63, 3.8) is 0 Å². The van der Waals surface area contributed by atoms with E-state index in [9.17, 15) is 9.59 Å². The molecule has 0 spiro atoms. The van der Waals surface area contributed by atoms with Crippen LogP contribution in [0.1, 0.15) is 28.5 Å². The summed E-state index contributed by atoms with van der Waals surface area (Å²) in [6.07, 6.45) is 0.724. The molecule has 0 atom stereocenters. The lowest BCUT2D eigenvalue weighted by atomic mass is 10.1. The summed E-state index contributed by atoms with van der Waals surface area (Å²) in [6.45, 7) is 1.97. The smallest absolute Gasteiger partial charge is 0.337 e. The van der Waals surface area contributed by atoms with Gasteiger partial charge in [-0.1, -0.05) is 30.8 Å². The van der Waals surface area contributed by atoms with Crippen LogP contribution in [0.15, 0.2) is 40.3 Å². The average molecular weight is 318 g/mol. The van der Waals surface area contributed by atoms with Crippen molar-refractivity contribution in [3.8, 4) is 0 Å². The molecule has 1 aromatic heterocycles. The van der Waals surface area contributed by atoms with Gasteiger partial charge in [0.15, 0.2) is 5.16 Å². The van der Waals surface area contributed by atoms with Crippen molar-refractivity contribution in [1.82, 2.24) is 9.55 Å². The summed E-state index contributed by atoms with van der Waals surface area (Å²) < 4.78 is 6.25. The lowest BCUT2D eigenvalue weighted by molar-refractivity contribution is 0.0600. The summed E-state index contributed by atoms with van der Waals surface area (Å²) in [5, 5.41) is 0.674. The summed E-state index contributed by atoms with van der Waals surface area (Å²) >= 11 is 1.47. The van der Waals surface area contributed by atoms with Crippen molar-refractivity contribution >= 4 is 17.7 Å². The van der Waals surface area contributed by atoms with E-state index in [1.807, 2.05) is 19.1 Å². The molecule has 116 valence electrons. The fourth-order valence-corrected chi connectivity index (χ4v) is 2.87. The minimum atomic E-state index is -0.356. The molecule has 0 aliphatic heterocycles. The highest BCUT2D eigenvalue weighted by atomic mass is 32.2. The third-order valence-electron chi connectivity index (χ3n) is 3.23. The lowest BCUT2D eigenvalue weighted by Gasteiger charge is -2.09. The Labute approximate surface area is 133 Å². The quantitative estimate of drug-likeness (QED) is 0.481. The van der Waals surface area contributed by atoms with Crippen molar-refractivity contribution in [3.05, 3.63) is 57.5 Å². The number of carbonyl (C=O) groups excluding carboxylic acids is 1. The van der Waals surface area contributed by atoms with Gasteiger partial charge < -0.3 is 4.74 Å². The maximum atomic E-state index is 11.9. The SMILES string of the molecule is CCc1cc(=O)n(C)c(SCc2cccc(C(=O)OC)c2)n1. The first-order chi connectivity index (χ1) is 10.5. The van der Waals surface area contributed by atoms with E-state index >= 15 is 0 Å². The molecule has 0 bridgehead atoms. The molecule has 2 rings (SSSR count). The van der Waals surface area contributed by atoms with Gasteiger partial charge >= 0.3 is 5.97 Å². The van der Waals surface area contributed by atoms with E-state index < -0.39 is 0 Å². The summed E-state index contributed by atoms with van der Waals surface area (Å²) in [6, 6.07) is 8.81. The topological polar surface area (TPSA) is 61.2 Å². The number of hydrogen-bond donors (Lipinski definition) is 0. The van der Waals surface area contributed by atoms with Crippen molar-refractivity contribution in [1.29, 1.82) is 0 Å². The number of thioether (sulfide) groups is 1. The predicted octanol–water partition coefficient (Wildman–Crippen LogP) is 2.42. The van der Waals surface area contributed by atoms with Crippen LogP contribution in [0.4, 0.5) is 0 Å². The molecule has 0 amide bonds.